The lowest BCUT2D eigenvalue weighted by atomic mass is 10.1. The standard InChI is InChI=1S/C19H20N4O2S2/c1-11-10-26-18(20-11)22-16(24)9-15-12(2)21-19(23-17(15)25)27-13(3)14-7-5-4-6-8-14/h4-8,10,13H,9H2,1-3H3,(H,20,22,24)(H,21,23,25). The van der Waals surface area contributed by atoms with Crippen LogP contribution in [0.2, 0.25) is 0 Å². The van der Waals surface area contributed by atoms with Gasteiger partial charge in [0, 0.05) is 21.9 Å². The molecule has 2 aromatic heterocycles. The topological polar surface area (TPSA) is 87.7 Å². The van der Waals surface area contributed by atoms with E-state index < -0.39 is 0 Å². The van der Waals surface area contributed by atoms with Gasteiger partial charge in [-0.05, 0) is 26.3 Å². The Balaban J connectivity index is 1.71. The SMILES string of the molecule is Cc1csc(NC(=O)Cc2c(C)nc(SC(C)c3ccccc3)[nH]c2=O)n1. The number of aromatic nitrogens is 3. The third-order valence-electron chi connectivity index (χ3n) is 3.96. The molecule has 1 amide bonds. The molecule has 2 N–H and O–H groups in total. The van der Waals surface area contributed by atoms with E-state index in [-0.39, 0.29) is 23.1 Å². The number of carbonyl (C=O) groups excluding carboxylic acids is 1. The van der Waals surface area contributed by atoms with Crippen molar-refractivity contribution in [1.82, 2.24) is 15.0 Å². The zero-order valence-corrected chi connectivity index (χ0v) is 16.9. The second-order valence-electron chi connectivity index (χ2n) is 6.12. The fourth-order valence-corrected chi connectivity index (χ4v) is 4.22. The fourth-order valence-electron chi connectivity index (χ4n) is 2.54. The highest BCUT2D eigenvalue weighted by Crippen LogP contribution is 2.32. The van der Waals surface area contributed by atoms with Gasteiger partial charge in [-0.15, -0.1) is 11.3 Å². The van der Waals surface area contributed by atoms with Crippen molar-refractivity contribution in [3.05, 3.63) is 68.6 Å². The van der Waals surface area contributed by atoms with Crippen LogP contribution in [0.15, 0.2) is 45.7 Å². The van der Waals surface area contributed by atoms with Crippen molar-refractivity contribution in [3.8, 4) is 0 Å². The molecule has 0 radical (unpaired) electrons. The van der Waals surface area contributed by atoms with Gasteiger partial charge in [-0.2, -0.15) is 0 Å². The number of rotatable bonds is 6. The molecule has 0 fully saturated rings. The normalized spacial score (nSPS) is 12.0. The Morgan fingerprint density at radius 2 is 2.00 bits per heavy atom. The number of thioether (sulfide) groups is 1. The summed E-state index contributed by atoms with van der Waals surface area (Å²) in [5, 5.41) is 5.80. The molecule has 6 nitrogen and oxygen atoms in total. The zero-order chi connectivity index (χ0) is 19.4. The van der Waals surface area contributed by atoms with Crippen LogP contribution in [0.25, 0.3) is 0 Å². The van der Waals surface area contributed by atoms with Gasteiger partial charge in [0.15, 0.2) is 10.3 Å². The molecule has 0 saturated heterocycles. The minimum atomic E-state index is -0.282. The molecule has 1 atom stereocenters. The molecule has 3 rings (SSSR count). The largest absolute Gasteiger partial charge is 0.302 e. The number of hydrogen-bond acceptors (Lipinski definition) is 6. The van der Waals surface area contributed by atoms with E-state index in [1.165, 1.54) is 23.1 Å². The minimum absolute atomic E-state index is 0.0357. The Labute approximate surface area is 165 Å². The Kier molecular flexibility index (Phi) is 6.08. The number of amides is 1. The Bertz CT molecular complexity index is 998. The first-order chi connectivity index (χ1) is 12.9. The predicted octanol–water partition coefficient (Wildman–Crippen LogP) is 3.88. The van der Waals surface area contributed by atoms with Gasteiger partial charge < -0.3 is 10.3 Å². The van der Waals surface area contributed by atoms with Crippen molar-refractivity contribution in [3.63, 3.8) is 0 Å². The monoisotopic (exact) mass is 400 g/mol. The molecule has 0 aliphatic carbocycles. The van der Waals surface area contributed by atoms with Crippen LogP contribution in [0.3, 0.4) is 0 Å². The third kappa shape index (κ3) is 5.05. The maximum atomic E-state index is 12.5. The van der Waals surface area contributed by atoms with Crippen molar-refractivity contribution in [2.75, 3.05) is 5.32 Å². The Morgan fingerprint density at radius 3 is 2.63 bits per heavy atom. The first-order valence-electron chi connectivity index (χ1n) is 8.45. The molecular formula is C19H20N4O2S2. The number of hydrogen-bond donors (Lipinski definition) is 2. The van der Waals surface area contributed by atoms with Crippen LogP contribution < -0.4 is 10.9 Å². The number of carbonyl (C=O) groups is 1. The van der Waals surface area contributed by atoms with Crippen molar-refractivity contribution in [2.24, 2.45) is 0 Å². The number of benzene rings is 1. The summed E-state index contributed by atoms with van der Waals surface area (Å²) in [6.07, 6.45) is -0.0357. The van der Waals surface area contributed by atoms with Crippen LogP contribution in [0.1, 0.15) is 34.7 Å². The smallest absolute Gasteiger partial charge is 0.255 e. The van der Waals surface area contributed by atoms with Crippen molar-refractivity contribution in [1.29, 1.82) is 0 Å². The minimum Gasteiger partial charge on any atom is -0.302 e. The molecule has 0 spiro atoms. The van der Waals surface area contributed by atoms with E-state index in [9.17, 15) is 9.59 Å². The van der Waals surface area contributed by atoms with E-state index >= 15 is 0 Å². The third-order valence-corrected chi connectivity index (χ3v) is 5.88. The molecular weight excluding hydrogens is 380 g/mol. The molecule has 1 aromatic carbocycles. The molecule has 3 aromatic rings. The maximum absolute atomic E-state index is 12.5. The molecule has 140 valence electrons. The maximum Gasteiger partial charge on any atom is 0.255 e. The zero-order valence-electron chi connectivity index (χ0n) is 15.3. The highest BCUT2D eigenvalue weighted by atomic mass is 32.2. The summed E-state index contributed by atoms with van der Waals surface area (Å²) in [4.78, 5) is 36.1. The summed E-state index contributed by atoms with van der Waals surface area (Å²) in [6.45, 7) is 5.67. The summed E-state index contributed by atoms with van der Waals surface area (Å²) in [7, 11) is 0. The molecule has 2 heterocycles. The number of nitrogens with zero attached hydrogens (tertiary/aromatic N) is 2. The lowest BCUT2D eigenvalue weighted by molar-refractivity contribution is -0.115. The van der Waals surface area contributed by atoms with E-state index in [1.54, 1.807) is 6.92 Å². The summed E-state index contributed by atoms with van der Waals surface area (Å²) < 4.78 is 0. The summed E-state index contributed by atoms with van der Waals surface area (Å²) >= 11 is 2.84. The van der Waals surface area contributed by atoms with Crippen LogP contribution in [-0.4, -0.2) is 20.9 Å². The van der Waals surface area contributed by atoms with Crippen molar-refractivity contribution >= 4 is 34.1 Å². The molecule has 1 unspecified atom stereocenters. The molecule has 0 saturated carbocycles. The van der Waals surface area contributed by atoms with Gasteiger partial charge in [-0.1, -0.05) is 42.1 Å². The van der Waals surface area contributed by atoms with E-state index in [0.717, 1.165) is 11.3 Å². The lowest BCUT2D eigenvalue weighted by Gasteiger charge is -2.12. The van der Waals surface area contributed by atoms with Gasteiger partial charge >= 0.3 is 0 Å². The van der Waals surface area contributed by atoms with Crippen LogP contribution in [0.4, 0.5) is 5.13 Å². The number of H-pyrrole nitrogens is 1. The van der Waals surface area contributed by atoms with Gasteiger partial charge in [-0.3, -0.25) is 9.59 Å². The van der Waals surface area contributed by atoms with Gasteiger partial charge in [0.05, 0.1) is 12.1 Å². The van der Waals surface area contributed by atoms with Crippen LogP contribution in [-0.2, 0) is 11.2 Å². The van der Waals surface area contributed by atoms with Gasteiger partial charge in [0.25, 0.3) is 5.56 Å². The highest BCUT2D eigenvalue weighted by Gasteiger charge is 2.16. The average Bonchev–Trinajstić information content (AvgIpc) is 3.03. The fraction of sp³-hybridized carbons (Fsp3) is 0.263. The quantitative estimate of drug-likeness (QED) is 0.484. The Morgan fingerprint density at radius 1 is 1.26 bits per heavy atom. The van der Waals surface area contributed by atoms with Gasteiger partial charge in [-0.25, -0.2) is 9.97 Å². The van der Waals surface area contributed by atoms with Crippen LogP contribution >= 0.6 is 23.1 Å². The number of nitrogens with one attached hydrogen (secondary N) is 2. The first kappa shape index (κ1) is 19.3. The predicted molar refractivity (Wildman–Crippen MR) is 109 cm³/mol. The van der Waals surface area contributed by atoms with E-state index in [1.807, 2.05) is 42.6 Å². The van der Waals surface area contributed by atoms with E-state index in [2.05, 4.69) is 27.2 Å². The number of aryl methyl sites for hydroxylation is 2. The van der Waals surface area contributed by atoms with Crippen molar-refractivity contribution in [2.45, 2.75) is 37.6 Å². The molecule has 0 aliphatic rings. The van der Waals surface area contributed by atoms with Crippen LogP contribution in [0, 0.1) is 13.8 Å². The van der Waals surface area contributed by atoms with Gasteiger partial charge in [0.1, 0.15) is 0 Å². The summed E-state index contributed by atoms with van der Waals surface area (Å²) in [6, 6.07) is 10.0. The Hall–Kier alpha value is -2.45. The number of anilines is 1. The average molecular weight is 401 g/mol. The second kappa shape index (κ2) is 8.49. The molecule has 27 heavy (non-hydrogen) atoms. The highest BCUT2D eigenvalue weighted by molar-refractivity contribution is 7.99. The van der Waals surface area contributed by atoms with Crippen LogP contribution in [0.5, 0.6) is 0 Å². The van der Waals surface area contributed by atoms with E-state index in [4.69, 9.17) is 0 Å². The van der Waals surface area contributed by atoms with Crippen molar-refractivity contribution < 1.29 is 4.79 Å². The lowest BCUT2D eigenvalue weighted by Crippen LogP contribution is -2.23. The second-order valence-corrected chi connectivity index (χ2v) is 8.31. The molecule has 8 heteroatoms. The van der Waals surface area contributed by atoms with E-state index in [0.29, 0.717) is 21.5 Å². The van der Waals surface area contributed by atoms with Gasteiger partial charge in [0.2, 0.25) is 5.91 Å². The summed E-state index contributed by atoms with van der Waals surface area (Å²) in [5.74, 6) is -0.280. The molecule has 0 bridgehead atoms. The summed E-state index contributed by atoms with van der Waals surface area (Å²) in [5.41, 5.74) is 2.66. The number of thiazole rings is 1. The number of aromatic amines is 1. The first-order valence-corrected chi connectivity index (χ1v) is 10.2. The molecule has 0 aliphatic heterocycles.